The second-order valence-corrected chi connectivity index (χ2v) is 4.59. The summed E-state index contributed by atoms with van der Waals surface area (Å²) in [7, 11) is 1.44. The van der Waals surface area contributed by atoms with Crippen molar-refractivity contribution in [2.24, 2.45) is 5.73 Å². The Balaban J connectivity index is 2.43. The van der Waals surface area contributed by atoms with Crippen LogP contribution in [0.15, 0.2) is 28.7 Å². The van der Waals surface area contributed by atoms with Crippen molar-refractivity contribution in [3.05, 3.63) is 51.6 Å². The highest BCUT2D eigenvalue weighted by molar-refractivity contribution is 9.10. The van der Waals surface area contributed by atoms with Crippen LogP contribution in [0.25, 0.3) is 0 Å². The maximum Gasteiger partial charge on any atom is 0.233 e. The molecule has 100 valence electrons. The monoisotopic (exact) mass is 329 g/mol. The van der Waals surface area contributed by atoms with Crippen molar-refractivity contribution >= 4 is 15.9 Å². The summed E-state index contributed by atoms with van der Waals surface area (Å²) in [6.45, 7) is 0. The predicted octanol–water partition coefficient (Wildman–Crippen LogP) is 2.57. The van der Waals surface area contributed by atoms with Crippen molar-refractivity contribution in [1.29, 1.82) is 0 Å². The molecule has 1 aromatic heterocycles. The number of benzene rings is 1. The molecule has 0 aliphatic rings. The maximum absolute atomic E-state index is 13.9. The molecule has 0 aliphatic carbocycles. The maximum atomic E-state index is 13.9. The lowest BCUT2D eigenvalue weighted by Crippen LogP contribution is -2.17. The lowest BCUT2D eigenvalue weighted by atomic mass is 10.0. The fraction of sp³-hybridized carbons (Fsp3) is 0.167. The van der Waals surface area contributed by atoms with E-state index in [0.717, 1.165) is 6.07 Å². The van der Waals surface area contributed by atoms with Crippen LogP contribution in [0.4, 0.5) is 8.78 Å². The minimum Gasteiger partial charge on any atom is -0.480 e. The van der Waals surface area contributed by atoms with E-state index in [1.165, 1.54) is 25.3 Å². The summed E-state index contributed by atoms with van der Waals surface area (Å²) in [6.07, 6.45) is 0. The highest BCUT2D eigenvalue weighted by atomic mass is 79.9. The number of nitrogens with two attached hydrogens (primary N) is 1. The molecule has 1 aromatic carbocycles. The third-order valence-corrected chi connectivity index (χ3v) is 3.19. The van der Waals surface area contributed by atoms with Gasteiger partial charge in [-0.15, -0.1) is 10.2 Å². The van der Waals surface area contributed by atoms with Crippen LogP contribution < -0.4 is 10.5 Å². The average Bonchev–Trinajstić information content (AvgIpc) is 2.43. The van der Waals surface area contributed by atoms with E-state index in [0.29, 0.717) is 5.88 Å². The van der Waals surface area contributed by atoms with Gasteiger partial charge >= 0.3 is 0 Å². The second-order valence-electron chi connectivity index (χ2n) is 3.74. The van der Waals surface area contributed by atoms with E-state index >= 15 is 0 Å². The molecule has 1 unspecified atom stereocenters. The standard InChI is InChI=1S/C12H10BrF2N3O/c1-19-9-5-4-8(17-18-9)12(16)10-7(14)3-2-6(13)11(10)15/h2-5,12H,16H2,1H3. The van der Waals surface area contributed by atoms with E-state index in [1.807, 2.05) is 0 Å². The van der Waals surface area contributed by atoms with Crippen molar-refractivity contribution in [2.45, 2.75) is 6.04 Å². The van der Waals surface area contributed by atoms with Gasteiger partial charge < -0.3 is 10.5 Å². The largest absolute Gasteiger partial charge is 0.480 e. The molecule has 1 heterocycles. The SMILES string of the molecule is COc1ccc(C(N)c2c(F)ccc(Br)c2F)nn1. The normalized spacial score (nSPS) is 12.3. The predicted molar refractivity (Wildman–Crippen MR) is 68.7 cm³/mol. The van der Waals surface area contributed by atoms with Crippen molar-refractivity contribution < 1.29 is 13.5 Å². The summed E-state index contributed by atoms with van der Waals surface area (Å²) < 4.78 is 32.6. The van der Waals surface area contributed by atoms with Crippen LogP contribution in [0.2, 0.25) is 0 Å². The Hall–Kier alpha value is -1.60. The number of hydrogen-bond acceptors (Lipinski definition) is 4. The van der Waals surface area contributed by atoms with E-state index in [2.05, 4.69) is 26.1 Å². The zero-order valence-corrected chi connectivity index (χ0v) is 11.5. The molecule has 0 fully saturated rings. The summed E-state index contributed by atoms with van der Waals surface area (Å²) in [5, 5.41) is 7.51. The smallest absolute Gasteiger partial charge is 0.233 e. The van der Waals surface area contributed by atoms with E-state index in [1.54, 1.807) is 0 Å². The molecular formula is C12H10BrF2N3O. The third-order valence-electron chi connectivity index (χ3n) is 2.58. The number of rotatable bonds is 3. The average molecular weight is 330 g/mol. The van der Waals surface area contributed by atoms with Crippen LogP contribution in [-0.4, -0.2) is 17.3 Å². The molecule has 4 nitrogen and oxygen atoms in total. The molecule has 0 amide bonds. The second kappa shape index (κ2) is 5.58. The molecule has 2 rings (SSSR count). The molecule has 0 radical (unpaired) electrons. The summed E-state index contributed by atoms with van der Waals surface area (Å²) in [5.74, 6) is -1.18. The first-order chi connectivity index (χ1) is 9.04. The molecule has 2 N–H and O–H groups in total. The summed E-state index contributed by atoms with van der Waals surface area (Å²) in [6, 6.07) is 4.41. The van der Waals surface area contributed by atoms with E-state index in [-0.39, 0.29) is 15.7 Å². The van der Waals surface area contributed by atoms with Gasteiger partial charge in [-0.05, 0) is 34.1 Å². The quantitative estimate of drug-likeness (QED) is 0.879. The zero-order valence-electron chi connectivity index (χ0n) is 9.90. The molecule has 0 bridgehead atoms. The lowest BCUT2D eigenvalue weighted by molar-refractivity contribution is 0.390. The number of halogens is 3. The Morgan fingerprint density at radius 1 is 1.21 bits per heavy atom. The third kappa shape index (κ3) is 2.71. The fourth-order valence-electron chi connectivity index (χ4n) is 1.58. The zero-order chi connectivity index (χ0) is 14.0. The van der Waals surface area contributed by atoms with Crippen molar-refractivity contribution in [3.63, 3.8) is 0 Å². The van der Waals surface area contributed by atoms with Gasteiger partial charge in [-0.3, -0.25) is 0 Å². The molecule has 2 aromatic rings. The number of aromatic nitrogens is 2. The first-order valence-corrected chi connectivity index (χ1v) is 6.10. The van der Waals surface area contributed by atoms with Gasteiger partial charge in [-0.2, -0.15) is 0 Å². The van der Waals surface area contributed by atoms with Gasteiger partial charge in [-0.1, -0.05) is 0 Å². The fourth-order valence-corrected chi connectivity index (χ4v) is 1.93. The Bertz CT molecular complexity index is 592. The van der Waals surface area contributed by atoms with Crippen LogP contribution in [0.3, 0.4) is 0 Å². The molecule has 1 atom stereocenters. The molecular weight excluding hydrogens is 320 g/mol. The summed E-state index contributed by atoms with van der Waals surface area (Å²) in [5.41, 5.74) is 5.83. The first-order valence-electron chi connectivity index (χ1n) is 5.31. The van der Waals surface area contributed by atoms with Gasteiger partial charge in [0, 0.05) is 11.6 Å². The van der Waals surface area contributed by atoms with Crippen LogP contribution in [0, 0.1) is 11.6 Å². The van der Waals surface area contributed by atoms with Crippen LogP contribution in [0.5, 0.6) is 5.88 Å². The van der Waals surface area contributed by atoms with E-state index in [9.17, 15) is 8.78 Å². The lowest BCUT2D eigenvalue weighted by Gasteiger charge is -2.14. The topological polar surface area (TPSA) is 61.0 Å². The van der Waals surface area contributed by atoms with Gasteiger partial charge in [0.05, 0.1) is 23.3 Å². The van der Waals surface area contributed by atoms with Gasteiger partial charge in [0.15, 0.2) is 0 Å². The van der Waals surface area contributed by atoms with Crippen molar-refractivity contribution in [1.82, 2.24) is 10.2 Å². The Morgan fingerprint density at radius 3 is 2.53 bits per heavy atom. The molecule has 0 saturated carbocycles. The van der Waals surface area contributed by atoms with Gasteiger partial charge in [0.2, 0.25) is 5.88 Å². The molecule has 0 aliphatic heterocycles. The highest BCUT2D eigenvalue weighted by Crippen LogP contribution is 2.28. The summed E-state index contributed by atoms with van der Waals surface area (Å²) >= 11 is 2.99. The van der Waals surface area contributed by atoms with Crippen LogP contribution in [-0.2, 0) is 0 Å². The molecule has 0 spiro atoms. The van der Waals surface area contributed by atoms with Crippen LogP contribution >= 0.6 is 15.9 Å². The number of methoxy groups -OCH3 is 1. The van der Waals surface area contributed by atoms with Gasteiger partial charge in [0.1, 0.15) is 11.6 Å². The first kappa shape index (κ1) is 13.8. The van der Waals surface area contributed by atoms with Crippen molar-refractivity contribution in [2.75, 3.05) is 7.11 Å². The van der Waals surface area contributed by atoms with Crippen LogP contribution in [0.1, 0.15) is 17.3 Å². The Labute approximate surface area is 116 Å². The Morgan fingerprint density at radius 2 is 1.95 bits per heavy atom. The molecule has 7 heteroatoms. The van der Waals surface area contributed by atoms with Gasteiger partial charge in [-0.25, -0.2) is 8.78 Å². The number of hydrogen-bond donors (Lipinski definition) is 1. The minimum atomic E-state index is -1.05. The molecule has 0 saturated heterocycles. The minimum absolute atomic E-state index is 0.140. The van der Waals surface area contributed by atoms with Crippen molar-refractivity contribution in [3.8, 4) is 5.88 Å². The molecule has 19 heavy (non-hydrogen) atoms. The number of ether oxygens (including phenoxy) is 1. The van der Waals surface area contributed by atoms with E-state index in [4.69, 9.17) is 10.5 Å². The Kier molecular flexibility index (Phi) is 4.06. The number of nitrogens with zero attached hydrogens (tertiary/aromatic N) is 2. The van der Waals surface area contributed by atoms with E-state index < -0.39 is 17.7 Å². The van der Waals surface area contributed by atoms with Gasteiger partial charge in [0.25, 0.3) is 0 Å². The summed E-state index contributed by atoms with van der Waals surface area (Å²) in [4.78, 5) is 0. The highest BCUT2D eigenvalue weighted by Gasteiger charge is 2.21.